The lowest BCUT2D eigenvalue weighted by atomic mass is 10.1. The highest BCUT2D eigenvalue weighted by molar-refractivity contribution is 6.00. The van der Waals surface area contributed by atoms with E-state index in [1.807, 2.05) is 6.07 Å². The highest BCUT2D eigenvalue weighted by Gasteiger charge is 2.22. The lowest BCUT2D eigenvalue weighted by molar-refractivity contribution is 0.309. The van der Waals surface area contributed by atoms with E-state index in [1.165, 1.54) is 25.7 Å². The molecule has 0 bridgehead atoms. The molecule has 2 heterocycles. The van der Waals surface area contributed by atoms with Crippen LogP contribution >= 0.6 is 0 Å². The van der Waals surface area contributed by atoms with Gasteiger partial charge < -0.3 is 9.47 Å². The first-order chi connectivity index (χ1) is 11.8. The molecule has 0 aliphatic carbocycles. The normalized spacial score (nSPS) is 22.8. The second kappa shape index (κ2) is 8.32. The summed E-state index contributed by atoms with van der Waals surface area (Å²) in [5, 5.41) is 0. The van der Waals surface area contributed by atoms with E-state index in [4.69, 9.17) is 19.5 Å². The summed E-state index contributed by atoms with van der Waals surface area (Å²) in [5.41, 5.74) is 2.05. The Morgan fingerprint density at radius 1 is 0.875 bits per heavy atom. The standard InChI is InChI=1S/C20H28N2O2/c1-3-5-10-17-13-23-19(21-17)15-8-7-9-16(12-15)20-22-18(14-24-20)11-6-4-2/h7-9,12,17-18H,3-6,10-11,13-14H2,1-2H3/t17-,18-/m0/s1. The largest absolute Gasteiger partial charge is 0.475 e. The number of hydrogen-bond donors (Lipinski definition) is 0. The number of unbranched alkanes of at least 4 members (excludes halogenated alkanes) is 2. The van der Waals surface area contributed by atoms with Gasteiger partial charge >= 0.3 is 0 Å². The third-order valence-electron chi connectivity index (χ3n) is 4.56. The Hall–Kier alpha value is -1.84. The van der Waals surface area contributed by atoms with Crippen molar-refractivity contribution in [1.82, 2.24) is 0 Å². The van der Waals surface area contributed by atoms with Crippen LogP contribution in [0.2, 0.25) is 0 Å². The summed E-state index contributed by atoms with van der Waals surface area (Å²) < 4.78 is 11.6. The average molecular weight is 328 g/mol. The van der Waals surface area contributed by atoms with Crippen LogP contribution in [0.4, 0.5) is 0 Å². The first-order valence-corrected chi connectivity index (χ1v) is 9.32. The van der Waals surface area contributed by atoms with Crippen LogP contribution < -0.4 is 0 Å². The van der Waals surface area contributed by atoms with Crippen LogP contribution in [0.5, 0.6) is 0 Å². The van der Waals surface area contributed by atoms with Gasteiger partial charge in [-0.05, 0) is 31.0 Å². The molecular weight excluding hydrogens is 300 g/mol. The number of nitrogens with zero attached hydrogens (tertiary/aromatic N) is 2. The Morgan fingerprint density at radius 2 is 1.38 bits per heavy atom. The van der Waals surface area contributed by atoms with E-state index in [9.17, 15) is 0 Å². The highest BCUT2D eigenvalue weighted by atomic mass is 16.5. The van der Waals surface area contributed by atoms with Gasteiger partial charge in [-0.2, -0.15) is 0 Å². The summed E-state index contributed by atoms with van der Waals surface area (Å²) in [6, 6.07) is 8.83. The van der Waals surface area contributed by atoms with Crippen molar-refractivity contribution in [2.24, 2.45) is 9.98 Å². The van der Waals surface area contributed by atoms with E-state index in [-0.39, 0.29) is 0 Å². The fourth-order valence-corrected chi connectivity index (χ4v) is 3.11. The molecule has 0 spiro atoms. The first-order valence-electron chi connectivity index (χ1n) is 9.32. The Morgan fingerprint density at radius 3 is 1.83 bits per heavy atom. The van der Waals surface area contributed by atoms with E-state index in [2.05, 4.69) is 32.0 Å². The van der Waals surface area contributed by atoms with Crippen molar-refractivity contribution in [1.29, 1.82) is 0 Å². The van der Waals surface area contributed by atoms with Gasteiger partial charge in [0.1, 0.15) is 13.2 Å². The van der Waals surface area contributed by atoms with Gasteiger partial charge in [-0.25, -0.2) is 9.98 Å². The number of aliphatic imine (C=N–C) groups is 2. The van der Waals surface area contributed by atoms with Gasteiger partial charge in [-0.15, -0.1) is 0 Å². The van der Waals surface area contributed by atoms with Crippen molar-refractivity contribution in [3.05, 3.63) is 35.4 Å². The molecular formula is C20H28N2O2. The maximum atomic E-state index is 5.81. The number of benzene rings is 1. The highest BCUT2D eigenvalue weighted by Crippen LogP contribution is 2.20. The molecule has 0 saturated carbocycles. The first kappa shape index (κ1) is 17.0. The molecule has 0 saturated heterocycles. The van der Waals surface area contributed by atoms with Gasteiger partial charge in [0.05, 0.1) is 12.1 Å². The topological polar surface area (TPSA) is 43.2 Å². The van der Waals surface area contributed by atoms with Crippen molar-refractivity contribution >= 4 is 11.8 Å². The summed E-state index contributed by atoms with van der Waals surface area (Å²) in [6.07, 6.45) is 7.02. The fraction of sp³-hybridized carbons (Fsp3) is 0.600. The van der Waals surface area contributed by atoms with Crippen LogP contribution in [0.1, 0.15) is 63.5 Å². The van der Waals surface area contributed by atoms with Crippen LogP contribution in [-0.2, 0) is 9.47 Å². The monoisotopic (exact) mass is 328 g/mol. The van der Waals surface area contributed by atoms with E-state index in [1.54, 1.807) is 0 Å². The van der Waals surface area contributed by atoms with E-state index in [0.717, 1.165) is 35.8 Å². The summed E-state index contributed by atoms with van der Waals surface area (Å²) in [4.78, 5) is 9.47. The summed E-state index contributed by atoms with van der Waals surface area (Å²) in [7, 11) is 0. The number of ether oxygens (including phenoxy) is 2. The third kappa shape index (κ3) is 4.16. The molecule has 0 aromatic heterocycles. The van der Waals surface area contributed by atoms with Gasteiger partial charge in [-0.3, -0.25) is 0 Å². The van der Waals surface area contributed by atoms with Crippen molar-refractivity contribution < 1.29 is 9.47 Å². The second-order valence-electron chi connectivity index (χ2n) is 6.66. The predicted octanol–water partition coefficient (Wildman–Crippen LogP) is 4.36. The minimum absolute atomic E-state index is 0.308. The number of hydrogen-bond acceptors (Lipinski definition) is 4. The molecule has 0 radical (unpaired) electrons. The van der Waals surface area contributed by atoms with Crippen LogP contribution in [-0.4, -0.2) is 37.1 Å². The molecule has 0 unspecified atom stereocenters. The smallest absolute Gasteiger partial charge is 0.216 e. The molecule has 130 valence electrons. The van der Waals surface area contributed by atoms with Crippen LogP contribution in [0.15, 0.2) is 34.3 Å². The lowest BCUT2D eigenvalue weighted by Crippen LogP contribution is -2.07. The molecule has 1 aromatic rings. The summed E-state index contributed by atoms with van der Waals surface area (Å²) in [6.45, 7) is 5.83. The van der Waals surface area contributed by atoms with Gasteiger partial charge in [0.15, 0.2) is 0 Å². The molecule has 0 N–H and O–H groups in total. The fourth-order valence-electron chi connectivity index (χ4n) is 3.11. The zero-order valence-corrected chi connectivity index (χ0v) is 14.8. The molecule has 0 amide bonds. The van der Waals surface area contributed by atoms with Gasteiger partial charge in [-0.1, -0.05) is 45.6 Å². The minimum Gasteiger partial charge on any atom is -0.475 e. The third-order valence-corrected chi connectivity index (χ3v) is 4.56. The molecule has 4 nitrogen and oxygen atoms in total. The number of rotatable bonds is 8. The Labute approximate surface area is 145 Å². The van der Waals surface area contributed by atoms with Gasteiger partial charge in [0, 0.05) is 11.1 Å². The Balaban J connectivity index is 1.69. The zero-order chi connectivity index (χ0) is 16.8. The molecule has 2 aliphatic heterocycles. The Kier molecular flexibility index (Phi) is 5.89. The maximum Gasteiger partial charge on any atom is 0.216 e. The summed E-state index contributed by atoms with van der Waals surface area (Å²) >= 11 is 0. The predicted molar refractivity (Wildman–Crippen MR) is 98.0 cm³/mol. The van der Waals surface area contributed by atoms with E-state index >= 15 is 0 Å². The van der Waals surface area contributed by atoms with E-state index < -0.39 is 0 Å². The summed E-state index contributed by atoms with van der Waals surface area (Å²) in [5.74, 6) is 1.53. The van der Waals surface area contributed by atoms with E-state index in [0.29, 0.717) is 25.3 Å². The van der Waals surface area contributed by atoms with Gasteiger partial charge in [0.25, 0.3) is 0 Å². The second-order valence-corrected chi connectivity index (χ2v) is 6.66. The van der Waals surface area contributed by atoms with Crippen LogP contribution in [0.3, 0.4) is 0 Å². The van der Waals surface area contributed by atoms with Crippen molar-refractivity contribution in [3.8, 4) is 0 Å². The molecule has 2 atom stereocenters. The van der Waals surface area contributed by atoms with Crippen LogP contribution in [0, 0.1) is 0 Å². The lowest BCUT2D eigenvalue weighted by Gasteiger charge is -2.05. The minimum atomic E-state index is 0.308. The van der Waals surface area contributed by atoms with Crippen molar-refractivity contribution in [2.75, 3.05) is 13.2 Å². The Bertz CT molecular complexity index is 560. The SMILES string of the molecule is CCCC[C@H]1COC(c2cccc(C3=N[C@@H](CCCC)CO3)c2)=N1. The molecule has 0 fully saturated rings. The average Bonchev–Trinajstić information content (AvgIpc) is 3.28. The molecule has 4 heteroatoms. The zero-order valence-electron chi connectivity index (χ0n) is 14.8. The molecule has 3 rings (SSSR count). The molecule has 24 heavy (non-hydrogen) atoms. The van der Waals surface area contributed by atoms with Gasteiger partial charge in [0.2, 0.25) is 11.8 Å². The molecule has 1 aromatic carbocycles. The maximum absolute atomic E-state index is 5.81. The molecule has 2 aliphatic rings. The quantitative estimate of drug-likeness (QED) is 0.711. The van der Waals surface area contributed by atoms with Crippen molar-refractivity contribution in [3.63, 3.8) is 0 Å². The van der Waals surface area contributed by atoms with Crippen molar-refractivity contribution in [2.45, 2.75) is 64.5 Å². The van der Waals surface area contributed by atoms with Crippen LogP contribution in [0.25, 0.3) is 0 Å².